The first-order valence-electron chi connectivity index (χ1n) is 6.46. The topological polar surface area (TPSA) is 60.0 Å². The lowest BCUT2D eigenvalue weighted by Gasteiger charge is -2.02. The Hall–Kier alpha value is -2.27. The van der Waals surface area contributed by atoms with Gasteiger partial charge in [0.25, 0.3) is 0 Å². The smallest absolute Gasteiger partial charge is 0.180 e. The Morgan fingerprint density at radius 1 is 1.14 bits per heavy atom. The molecule has 5 heteroatoms. The van der Waals surface area contributed by atoms with Gasteiger partial charge >= 0.3 is 0 Å². The Morgan fingerprint density at radius 2 is 1.86 bits per heavy atom. The number of nitrogens with zero attached hydrogens (tertiary/aromatic N) is 2. The van der Waals surface area contributed by atoms with Crippen molar-refractivity contribution in [3.05, 3.63) is 65.7 Å². The number of nitrogens with two attached hydrogens (primary N) is 1. The number of benzene rings is 2. The average molecular weight is 299 g/mol. The van der Waals surface area contributed by atoms with E-state index in [9.17, 15) is 0 Å². The first-order valence-corrected chi connectivity index (χ1v) is 7.44. The third-order valence-corrected chi connectivity index (χ3v) is 3.58. The Labute approximate surface area is 128 Å². The van der Waals surface area contributed by atoms with Gasteiger partial charge in [0.05, 0.1) is 13.3 Å². The molecule has 0 fully saturated rings. The van der Waals surface area contributed by atoms with Gasteiger partial charge in [0.1, 0.15) is 5.75 Å². The van der Waals surface area contributed by atoms with Crippen molar-refractivity contribution in [2.45, 2.75) is 5.75 Å². The summed E-state index contributed by atoms with van der Waals surface area (Å²) < 4.78 is 5.23. The van der Waals surface area contributed by atoms with Gasteiger partial charge in [-0.3, -0.25) is 0 Å². The third-order valence-electron chi connectivity index (χ3n) is 2.72. The number of para-hydroxylation sites is 1. The molecule has 21 heavy (non-hydrogen) atoms. The molecule has 0 aliphatic carbocycles. The molecule has 0 unspecified atom stereocenters. The SMILES string of the molecule is COc1ccccc1C=NN=C(N)SCc1ccccc1. The standard InChI is InChI=1S/C16H17N3OS/c1-20-15-10-6-5-9-14(15)11-18-19-16(17)21-12-13-7-3-2-4-8-13/h2-11H,12H2,1H3,(H2,17,19). The molecule has 2 aromatic rings. The van der Waals surface area contributed by atoms with Gasteiger partial charge in [-0.05, 0) is 17.7 Å². The highest BCUT2D eigenvalue weighted by Crippen LogP contribution is 2.15. The molecular weight excluding hydrogens is 282 g/mol. The van der Waals surface area contributed by atoms with Crippen molar-refractivity contribution in [3.8, 4) is 5.75 Å². The maximum atomic E-state index is 5.82. The molecule has 0 atom stereocenters. The van der Waals surface area contributed by atoms with E-state index >= 15 is 0 Å². The van der Waals surface area contributed by atoms with Crippen LogP contribution < -0.4 is 10.5 Å². The molecule has 0 aliphatic rings. The Balaban J connectivity index is 1.92. The highest BCUT2D eigenvalue weighted by molar-refractivity contribution is 8.13. The number of rotatable bonds is 5. The van der Waals surface area contributed by atoms with Crippen LogP contribution in [0.3, 0.4) is 0 Å². The number of thioether (sulfide) groups is 1. The number of amidine groups is 1. The number of methoxy groups -OCH3 is 1. The summed E-state index contributed by atoms with van der Waals surface area (Å²) in [6.45, 7) is 0. The van der Waals surface area contributed by atoms with Gasteiger partial charge in [-0.25, -0.2) is 0 Å². The molecule has 0 saturated carbocycles. The van der Waals surface area contributed by atoms with Crippen LogP contribution in [-0.2, 0) is 5.75 Å². The van der Waals surface area contributed by atoms with Crippen LogP contribution in [0.4, 0.5) is 0 Å². The van der Waals surface area contributed by atoms with Crippen LogP contribution in [0.15, 0.2) is 64.8 Å². The van der Waals surface area contributed by atoms with E-state index in [0.717, 1.165) is 17.1 Å². The van der Waals surface area contributed by atoms with Crippen molar-refractivity contribution in [1.29, 1.82) is 0 Å². The van der Waals surface area contributed by atoms with Crippen LogP contribution in [0.25, 0.3) is 0 Å². The second-order valence-corrected chi connectivity index (χ2v) is 5.19. The molecule has 0 amide bonds. The van der Waals surface area contributed by atoms with Crippen LogP contribution in [0.2, 0.25) is 0 Å². The lowest BCUT2D eigenvalue weighted by Crippen LogP contribution is -2.06. The summed E-state index contributed by atoms with van der Waals surface area (Å²) in [7, 11) is 1.63. The predicted molar refractivity (Wildman–Crippen MR) is 89.9 cm³/mol. The molecule has 0 aliphatic heterocycles. The van der Waals surface area contributed by atoms with Gasteiger partial charge in [-0.1, -0.05) is 54.2 Å². The zero-order valence-corrected chi connectivity index (χ0v) is 12.6. The summed E-state index contributed by atoms with van der Waals surface area (Å²) in [6.07, 6.45) is 1.63. The number of ether oxygens (including phenoxy) is 1. The molecular formula is C16H17N3OS. The summed E-state index contributed by atoms with van der Waals surface area (Å²) >= 11 is 1.46. The second kappa shape index (κ2) is 8.11. The van der Waals surface area contributed by atoms with E-state index < -0.39 is 0 Å². The average Bonchev–Trinajstić information content (AvgIpc) is 2.54. The summed E-state index contributed by atoms with van der Waals surface area (Å²) in [6, 6.07) is 17.7. The highest BCUT2D eigenvalue weighted by Gasteiger charge is 1.98. The van der Waals surface area contributed by atoms with E-state index in [2.05, 4.69) is 22.3 Å². The molecule has 0 spiro atoms. The fourth-order valence-electron chi connectivity index (χ4n) is 1.68. The fraction of sp³-hybridized carbons (Fsp3) is 0.125. The fourth-order valence-corrected chi connectivity index (χ4v) is 2.29. The van der Waals surface area contributed by atoms with Gasteiger partial charge < -0.3 is 10.5 Å². The van der Waals surface area contributed by atoms with E-state index in [4.69, 9.17) is 10.5 Å². The van der Waals surface area contributed by atoms with Crippen LogP contribution in [0.1, 0.15) is 11.1 Å². The van der Waals surface area contributed by atoms with Gasteiger partial charge in [0.2, 0.25) is 0 Å². The summed E-state index contributed by atoms with van der Waals surface area (Å²) in [5.74, 6) is 1.53. The maximum absolute atomic E-state index is 5.82. The first-order chi connectivity index (χ1) is 10.3. The lowest BCUT2D eigenvalue weighted by atomic mass is 10.2. The molecule has 2 rings (SSSR count). The molecule has 0 saturated heterocycles. The van der Waals surface area contributed by atoms with Crippen LogP contribution in [0.5, 0.6) is 5.75 Å². The first kappa shape index (κ1) is 15.1. The van der Waals surface area contributed by atoms with Crippen molar-refractivity contribution >= 4 is 23.1 Å². The van der Waals surface area contributed by atoms with E-state index in [-0.39, 0.29) is 0 Å². The Kier molecular flexibility index (Phi) is 5.84. The van der Waals surface area contributed by atoms with Gasteiger partial charge in [0.15, 0.2) is 5.17 Å². The number of hydrogen-bond acceptors (Lipinski definition) is 4. The van der Waals surface area contributed by atoms with Crippen molar-refractivity contribution < 1.29 is 4.74 Å². The molecule has 4 nitrogen and oxygen atoms in total. The van der Waals surface area contributed by atoms with Crippen molar-refractivity contribution in [2.75, 3.05) is 7.11 Å². The normalized spacial score (nSPS) is 11.8. The Bertz CT molecular complexity index is 626. The zero-order valence-electron chi connectivity index (χ0n) is 11.8. The van der Waals surface area contributed by atoms with E-state index in [1.807, 2.05) is 42.5 Å². The molecule has 108 valence electrons. The quantitative estimate of drug-likeness (QED) is 0.523. The lowest BCUT2D eigenvalue weighted by molar-refractivity contribution is 0.414. The Morgan fingerprint density at radius 3 is 2.62 bits per heavy atom. The minimum absolute atomic E-state index is 0.435. The van der Waals surface area contributed by atoms with E-state index in [0.29, 0.717) is 5.17 Å². The maximum Gasteiger partial charge on any atom is 0.180 e. The van der Waals surface area contributed by atoms with Gasteiger partial charge in [-0.15, -0.1) is 5.10 Å². The van der Waals surface area contributed by atoms with E-state index in [1.54, 1.807) is 13.3 Å². The van der Waals surface area contributed by atoms with Crippen molar-refractivity contribution in [2.24, 2.45) is 15.9 Å². The minimum Gasteiger partial charge on any atom is -0.496 e. The van der Waals surface area contributed by atoms with Crippen molar-refractivity contribution in [1.82, 2.24) is 0 Å². The van der Waals surface area contributed by atoms with E-state index in [1.165, 1.54) is 17.3 Å². The largest absolute Gasteiger partial charge is 0.496 e. The predicted octanol–water partition coefficient (Wildman–Crippen LogP) is 3.28. The molecule has 0 radical (unpaired) electrons. The van der Waals surface area contributed by atoms with Crippen molar-refractivity contribution in [3.63, 3.8) is 0 Å². The second-order valence-electron chi connectivity index (χ2n) is 4.20. The molecule has 2 aromatic carbocycles. The minimum atomic E-state index is 0.435. The summed E-state index contributed by atoms with van der Waals surface area (Å²) in [5.41, 5.74) is 7.89. The zero-order chi connectivity index (χ0) is 14.9. The molecule has 0 heterocycles. The summed E-state index contributed by atoms with van der Waals surface area (Å²) in [5, 5.41) is 8.42. The number of hydrogen-bond donors (Lipinski definition) is 1. The molecule has 0 bridgehead atoms. The van der Waals surface area contributed by atoms with Gasteiger partial charge in [-0.2, -0.15) is 5.10 Å². The molecule has 2 N–H and O–H groups in total. The highest BCUT2D eigenvalue weighted by atomic mass is 32.2. The monoisotopic (exact) mass is 299 g/mol. The van der Waals surface area contributed by atoms with Gasteiger partial charge in [0, 0.05) is 11.3 Å². The summed E-state index contributed by atoms with van der Waals surface area (Å²) in [4.78, 5) is 0. The molecule has 0 aromatic heterocycles. The van der Waals surface area contributed by atoms with Crippen LogP contribution in [0, 0.1) is 0 Å². The third kappa shape index (κ3) is 4.96. The van der Waals surface area contributed by atoms with Crippen LogP contribution >= 0.6 is 11.8 Å². The van der Waals surface area contributed by atoms with Crippen LogP contribution in [-0.4, -0.2) is 18.5 Å².